The number of hydrogen-bond donors (Lipinski definition) is 1. The molecule has 0 amide bonds. The van der Waals surface area contributed by atoms with Gasteiger partial charge in [-0.3, -0.25) is 0 Å². The molecular formula is C13H13F2N3O2. The van der Waals surface area contributed by atoms with E-state index in [1.165, 1.54) is 12.1 Å². The van der Waals surface area contributed by atoms with Crippen molar-refractivity contribution in [3.05, 3.63) is 35.2 Å². The lowest BCUT2D eigenvalue weighted by Gasteiger charge is -2.20. The van der Waals surface area contributed by atoms with Crippen LogP contribution in [0.25, 0.3) is 11.5 Å². The molecule has 2 aromatic rings. The maximum atomic E-state index is 14.0. The van der Waals surface area contributed by atoms with E-state index in [1.54, 1.807) is 6.92 Å². The molecule has 0 saturated carbocycles. The topological polar surface area (TPSA) is 60.2 Å². The van der Waals surface area contributed by atoms with Gasteiger partial charge in [0.25, 0.3) is 5.89 Å². The fourth-order valence-corrected chi connectivity index (χ4v) is 2.06. The smallest absolute Gasteiger partial charge is 0.263 e. The average molecular weight is 281 g/mol. The molecule has 3 rings (SSSR count). The van der Waals surface area contributed by atoms with Crippen LogP contribution in [0.1, 0.15) is 17.4 Å². The molecule has 1 unspecified atom stereocenters. The Kier molecular flexibility index (Phi) is 3.45. The van der Waals surface area contributed by atoms with Crippen molar-refractivity contribution in [2.45, 2.75) is 13.0 Å². The third-order valence-electron chi connectivity index (χ3n) is 3.17. The molecule has 1 fully saturated rings. The highest BCUT2D eigenvalue weighted by atomic mass is 19.1. The minimum atomic E-state index is -0.726. The molecule has 0 radical (unpaired) electrons. The standard InChI is InChI=1S/C13H13F2N3O2/c1-7-2-3-8(14)10(11(7)15)13-17-12(18-20-13)9-6-19-5-4-16-9/h2-3,9,16H,4-6H2,1H3. The van der Waals surface area contributed by atoms with Gasteiger partial charge in [0.2, 0.25) is 0 Å². The molecule has 7 heteroatoms. The van der Waals surface area contributed by atoms with Crippen LogP contribution in [0, 0.1) is 18.6 Å². The second kappa shape index (κ2) is 5.26. The summed E-state index contributed by atoms with van der Waals surface area (Å²) in [4.78, 5) is 4.07. The van der Waals surface area contributed by atoms with Crippen LogP contribution in [-0.2, 0) is 4.74 Å². The van der Waals surface area contributed by atoms with Crippen molar-refractivity contribution in [2.24, 2.45) is 0 Å². The second-order valence-corrected chi connectivity index (χ2v) is 4.59. The molecule has 1 aromatic heterocycles. The lowest BCUT2D eigenvalue weighted by Crippen LogP contribution is -2.35. The van der Waals surface area contributed by atoms with Crippen LogP contribution >= 0.6 is 0 Å². The van der Waals surface area contributed by atoms with Gasteiger partial charge in [-0.2, -0.15) is 4.98 Å². The first kappa shape index (κ1) is 13.1. The summed E-state index contributed by atoms with van der Waals surface area (Å²) in [6, 6.07) is 2.32. The molecule has 5 nitrogen and oxygen atoms in total. The fraction of sp³-hybridized carbons (Fsp3) is 0.385. The predicted octanol–water partition coefficient (Wildman–Crippen LogP) is 1.98. The normalized spacial score (nSPS) is 19.2. The number of rotatable bonds is 2. The minimum absolute atomic E-state index is 0.161. The zero-order valence-corrected chi connectivity index (χ0v) is 10.8. The van der Waals surface area contributed by atoms with Crippen LogP contribution in [0.15, 0.2) is 16.7 Å². The van der Waals surface area contributed by atoms with Crippen LogP contribution in [0.4, 0.5) is 8.78 Å². The van der Waals surface area contributed by atoms with E-state index in [0.29, 0.717) is 31.1 Å². The van der Waals surface area contributed by atoms with Crippen LogP contribution < -0.4 is 5.32 Å². The predicted molar refractivity (Wildman–Crippen MR) is 65.9 cm³/mol. The molecular weight excluding hydrogens is 268 g/mol. The van der Waals surface area contributed by atoms with E-state index >= 15 is 0 Å². The van der Waals surface area contributed by atoms with Gasteiger partial charge >= 0.3 is 0 Å². The van der Waals surface area contributed by atoms with Crippen LogP contribution in [0.3, 0.4) is 0 Å². The molecule has 1 aliphatic heterocycles. The Morgan fingerprint density at radius 2 is 2.20 bits per heavy atom. The summed E-state index contributed by atoms with van der Waals surface area (Å²) in [6.45, 7) is 3.23. The van der Waals surface area contributed by atoms with Gasteiger partial charge in [0, 0.05) is 6.54 Å². The van der Waals surface area contributed by atoms with Crippen molar-refractivity contribution in [1.29, 1.82) is 0 Å². The molecule has 0 bridgehead atoms. The lowest BCUT2D eigenvalue weighted by atomic mass is 10.1. The van der Waals surface area contributed by atoms with Crippen molar-refractivity contribution < 1.29 is 18.0 Å². The minimum Gasteiger partial charge on any atom is -0.378 e. The fourth-order valence-electron chi connectivity index (χ4n) is 2.06. The number of morpholine rings is 1. The molecule has 1 N–H and O–H groups in total. The molecule has 106 valence electrons. The van der Waals surface area contributed by atoms with Crippen LogP contribution in [-0.4, -0.2) is 29.9 Å². The summed E-state index contributed by atoms with van der Waals surface area (Å²) in [5, 5.41) is 6.91. The molecule has 1 saturated heterocycles. The molecule has 1 atom stereocenters. The first-order chi connectivity index (χ1) is 9.66. The summed E-state index contributed by atoms with van der Waals surface area (Å²) in [7, 11) is 0. The summed E-state index contributed by atoms with van der Waals surface area (Å²) in [6.07, 6.45) is 0. The van der Waals surface area contributed by atoms with Crippen molar-refractivity contribution in [2.75, 3.05) is 19.8 Å². The summed E-state index contributed by atoms with van der Waals surface area (Å²) < 4.78 is 38.0. The third-order valence-corrected chi connectivity index (χ3v) is 3.17. The zero-order chi connectivity index (χ0) is 14.1. The van der Waals surface area contributed by atoms with Gasteiger partial charge in [0.05, 0.1) is 19.3 Å². The molecule has 0 aliphatic carbocycles. The monoisotopic (exact) mass is 281 g/mol. The number of aryl methyl sites for hydroxylation is 1. The first-order valence-corrected chi connectivity index (χ1v) is 6.26. The number of nitrogens with zero attached hydrogens (tertiary/aromatic N) is 2. The Balaban J connectivity index is 1.96. The Hall–Kier alpha value is -1.86. The van der Waals surface area contributed by atoms with Crippen molar-refractivity contribution in [3.63, 3.8) is 0 Å². The number of halogens is 2. The SMILES string of the molecule is Cc1ccc(F)c(-c2nc(C3COCCN3)no2)c1F. The summed E-state index contributed by atoms with van der Waals surface area (Å²) in [5.74, 6) is -1.24. The molecule has 2 heterocycles. The highest BCUT2D eigenvalue weighted by Crippen LogP contribution is 2.27. The van der Waals surface area contributed by atoms with E-state index < -0.39 is 11.6 Å². The first-order valence-electron chi connectivity index (χ1n) is 6.26. The number of nitrogens with one attached hydrogen (secondary N) is 1. The number of aromatic nitrogens is 2. The van der Waals surface area contributed by atoms with E-state index in [2.05, 4.69) is 15.5 Å². The Labute approximate surface area is 113 Å². The maximum absolute atomic E-state index is 14.0. The van der Waals surface area contributed by atoms with Gasteiger partial charge in [0.1, 0.15) is 17.2 Å². The lowest BCUT2D eigenvalue weighted by molar-refractivity contribution is 0.0734. The van der Waals surface area contributed by atoms with Crippen molar-refractivity contribution in [3.8, 4) is 11.5 Å². The Morgan fingerprint density at radius 1 is 1.35 bits per heavy atom. The number of benzene rings is 1. The highest BCUT2D eigenvalue weighted by Gasteiger charge is 2.24. The summed E-state index contributed by atoms with van der Waals surface area (Å²) in [5.41, 5.74) is 0.0285. The van der Waals surface area contributed by atoms with Crippen LogP contribution in [0.5, 0.6) is 0 Å². The second-order valence-electron chi connectivity index (χ2n) is 4.59. The quantitative estimate of drug-likeness (QED) is 0.912. The van der Waals surface area contributed by atoms with Gasteiger partial charge in [-0.15, -0.1) is 0 Å². The van der Waals surface area contributed by atoms with E-state index in [0.717, 1.165) is 0 Å². The van der Waals surface area contributed by atoms with Crippen LogP contribution in [0.2, 0.25) is 0 Å². The van der Waals surface area contributed by atoms with Gasteiger partial charge in [-0.25, -0.2) is 8.78 Å². The summed E-state index contributed by atoms with van der Waals surface area (Å²) >= 11 is 0. The van der Waals surface area contributed by atoms with Gasteiger partial charge in [-0.1, -0.05) is 11.2 Å². The van der Waals surface area contributed by atoms with E-state index in [9.17, 15) is 8.78 Å². The van der Waals surface area contributed by atoms with Gasteiger partial charge < -0.3 is 14.6 Å². The van der Waals surface area contributed by atoms with Gasteiger partial charge in [-0.05, 0) is 18.6 Å². The molecule has 20 heavy (non-hydrogen) atoms. The zero-order valence-electron chi connectivity index (χ0n) is 10.8. The maximum Gasteiger partial charge on any atom is 0.263 e. The van der Waals surface area contributed by atoms with Gasteiger partial charge in [0.15, 0.2) is 5.82 Å². The Bertz CT molecular complexity index is 624. The molecule has 1 aliphatic rings. The van der Waals surface area contributed by atoms with Crippen molar-refractivity contribution in [1.82, 2.24) is 15.5 Å². The van der Waals surface area contributed by atoms with E-state index in [-0.39, 0.29) is 17.5 Å². The average Bonchev–Trinajstić information content (AvgIpc) is 2.94. The number of hydrogen-bond acceptors (Lipinski definition) is 5. The van der Waals surface area contributed by atoms with E-state index in [4.69, 9.17) is 9.26 Å². The van der Waals surface area contributed by atoms with Crippen molar-refractivity contribution >= 4 is 0 Å². The Morgan fingerprint density at radius 3 is 2.95 bits per heavy atom. The highest BCUT2D eigenvalue weighted by molar-refractivity contribution is 5.56. The third kappa shape index (κ3) is 2.30. The number of ether oxygens (including phenoxy) is 1. The molecule has 0 spiro atoms. The molecule has 1 aromatic carbocycles. The van der Waals surface area contributed by atoms with E-state index in [1.807, 2.05) is 0 Å². The largest absolute Gasteiger partial charge is 0.378 e.